The van der Waals surface area contributed by atoms with Gasteiger partial charge < -0.3 is 5.11 Å². The third kappa shape index (κ3) is 1.92. The highest BCUT2D eigenvalue weighted by Crippen LogP contribution is 2.06. The second-order valence-corrected chi connectivity index (χ2v) is 3.51. The lowest BCUT2D eigenvalue weighted by molar-refractivity contribution is 0.0696. The van der Waals surface area contributed by atoms with Crippen molar-refractivity contribution in [1.82, 2.24) is 24.8 Å². The summed E-state index contributed by atoms with van der Waals surface area (Å²) in [5.74, 6) is -0.970. The molecule has 0 aliphatic heterocycles. The predicted molar refractivity (Wildman–Crippen MR) is 54.0 cm³/mol. The number of carboxylic acid groups (broad SMARTS) is 1. The molecule has 0 saturated carbocycles. The van der Waals surface area contributed by atoms with Gasteiger partial charge in [0.15, 0.2) is 0 Å². The first-order valence-electron chi connectivity index (χ1n) is 4.69. The van der Waals surface area contributed by atoms with Crippen LogP contribution < -0.4 is 0 Å². The largest absolute Gasteiger partial charge is 0.478 e. The zero-order valence-electron chi connectivity index (χ0n) is 8.95. The Labute approximate surface area is 91.3 Å². The highest BCUT2D eigenvalue weighted by Gasteiger charge is 2.12. The molecule has 2 heterocycles. The van der Waals surface area contributed by atoms with E-state index in [1.54, 1.807) is 29.5 Å². The van der Waals surface area contributed by atoms with Crippen molar-refractivity contribution in [3.63, 3.8) is 0 Å². The maximum Gasteiger partial charge on any atom is 0.339 e. The van der Waals surface area contributed by atoms with Crippen molar-refractivity contribution >= 4 is 5.97 Å². The van der Waals surface area contributed by atoms with Gasteiger partial charge in [-0.15, -0.1) is 5.10 Å². The zero-order chi connectivity index (χ0) is 11.7. The number of hydrogen-bond donors (Lipinski definition) is 1. The number of carbonyl (C=O) groups is 1. The van der Waals surface area contributed by atoms with Gasteiger partial charge in [0.2, 0.25) is 0 Å². The molecule has 2 aromatic heterocycles. The molecule has 0 fully saturated rings. The van der Waals surface area contributed by atoms with Gasteiger partial charge in [0.1, 0.15) is 11.3 Å². The van der Waals surface area contributed by atoms with Crippen LogP contribution in [0, 0.1) is 6.92 Å². The molecule has 1 N–H and O–H groups in total. The molecule has 0 spiro atoms. The molecule has 7 heteroatoms. The lowest BCUT2D eigenvalue weighted by Gasteiger charge is -1.94. The summed E-state index contributed by atoms with van der Waals surface area (Å²) in [5, 5.41) is 20.6. The first kappa shape index (κ1) is 10.3. The van der Waals surface area contributed by atoms with Crippen molar-refractivity contribution < 1.29 is 9.90 Å². The fraction of sp³-hybridized carbons (Fsp3) is 0.333. The van der Waals surface area contributed by atoms with Crippen molar-refractivity contribution in [2.24, 2.45) is 7.05 Å². The molecule has 2 rings (SSSR count). The minimum Gasteiger partial charge on any atom is -0.478 e. The molecule has 0 amide bonds. The fourth-order valence-electron chi connectivity index (χ4n) is 1.44. The first-order valence-corrected chi connectivity index (χ1v) is 4.69. The maximum absolute atomic E-state index is 10.8. The number of carboxylic acids is 1. The Hall–Kier alpha value is -2.18. The summed E-state index contributed by atoms with van der Waals surface area (Å²) < 4.78 is 3.13. The topological polar surface area (TPSA) is 85.8 Å². The number of aromatic carboxylic acids is 1. The number of aromatic nitrogens is 5. The van der Waals surface area contributed by atoms with Crippen LogP contribution in [0.3, 0.4) is 0 Å². The van der Waals surface area contributed by atoms with E-state index in [0.29, 0.717) is 12.2 Å². The third-order valence-electron chi connectivity index (χ3n) is 2.15. The zero-order valence-corrected chi connectivity index (χ0v) is 8.95. The SMILES string of the molecule is Cc1nn(Cc2cn(C)nn2)cc1C(=O)O. The first-order chi connectivity index (χ1) is 7.56. The molecule has 0 aliphatic carbocycles. The van der Waals surface area contributed by atoms with Gasteiger partial charge in [0.25, 0.3) is 0 Å². The van der Waals surface area contributed by atoms with E-state index in [1.165, 1.54) is 6.20 Å². The van der Waals surface area contributed by atoms with Crippen LogP contribution in [-0.4, -0.2) is 35.9 Å². The molecule has 0 radical (unpaired) electrons. The van der Waals surface area contributed by atoms with E-state index in [2.05, 4.69) is 15.4 Å². The van der Waals surface area contributed by atoms with Crippen molar-refractivity contribution in [1.29, 1.82) is 0 Å². The molecule has 0 saturated heterocycles. The summed E-state index contributed by atoms with van der Waals surface area (Å²) >= 11 is 0. The monoisotopic (exact) mass is 221 g/mol. The highest BCUT2D eigenvalue weighted by atomic mass is 16.4. The Bertz CT molecular complexity index is 528. The van der Waals surface area contributed by atoms with Gasteiger partial charge in [-0.3, -0.25) is 9.36 Å². The summed E-state index contributed by atoms with van der Waals surface area (Å²) in [6, 6.07) is 0. The highest BCUT2D eigenvalue weighted by molar-refractivity contribution is 5.88. The third-order valence-corrected chi connectivity index (χ3v) is 2.15. The van der Waals surface area contributed by atoms with Gasteiger partial charge in [-0.2, -0.15) is 5.10 Å². The number of hydrogen-bond acceptors (Lipinski definition) is 4. The van der Waals surface area contributed by atoms with E-state index < -0.39 is 5.97 Å². The molecule has 16 heavy (non-hydrogen) atoms. The van der Waals surface area contributed by atoms with Crippen molar-refractivity contribution in [3.8, 4) is 0 Å². The number of rotatable bonds is 3. The second kappa shape index (κ2) is 3.76. The summed E-state index contributed by atoms with van der Waals surface area (Å²) in [7, 11) is 1.77. The van der Waals surface area contributed by atoms with Crippen LogP contribution in [0.5, 0.6) is 0 Å². The fourth-order valence-corrected chi connectivity index (χ4v) is 1.44. The predicted octanol–water partition coefficient (Wildman–Crippen LogP) is 0.0665. The quantitative estimate of drug-likeness (QED) is 0.792. The van der Waals surface area contributed by atoms with Crippen LogP contribution >= 0.6 is 0 Å². The lowest BCUT2D eigenvalue weighted by atomic mass is 10.3. The number of nitrogens with zero attached hydrogens (tertiary/aromatic N) is 5. The van der Waals surface area contributed by atoms with E-state index in [0.717, 1.165) is 5.69 Å². The van der Waals surface area contributed by atoms with E-state index >= 15 is 0 Å². The molecule has 0 bridgehead atoms. The van der Waals surface area contributed by atoms with E-state index in [-0.39, 0.29) is 5.56 Å². The molecule has 84 valence electrons. The van der Waals surface area contributed by atoms with Crippen LogP contribution in [0.25, 0.3) is 0 Å². The van der Waals surface area contributed by atoms with E-state index in [4.69, 9.17) is 5.11 Å². The average molecular weight is 221 g/mol. The standard InChI is InChI=1S/C9H11N5O2/c1-6-8(9(15)16)5-14(11-6)4-7-3-13(2)12-10-7/h3,5H,4H2,1-2H3,(H,15,16). The van der Waals surface area contributed by atoms with Gasteiger partial charge in [0.05, 0.1) is 12.2 Å². The van der Waals surface area contributed by atoms with Crippen molar-refractivity contribution in [2.75, 3.05) is 0 Å². The van der Waals surface area contributed by atoms with Crippen LogP contribution in [0.1, 0.15) is 21.7 Å². The Balaban J connectivity index is 2.22. The molecule has 0 aliphatic rings. The van der Waals surface area contributed by atoms with Gasteiger partial charge in [0, 0.05) is 19.4 Å². The van der Waals surface area contributed by atoms with Gasteiger partial charge in [-0.05, 0) is 6.92 Å². The number of aryl methyl sites for hydroxylation is 2. The van der Waals surface area contributed by atoms with Gasteiger partial charge in [-0.25, -0.2) is 4.79 Å². The summed E-state index contributed by atoms with van der Waals surface area (Å²) in [4.78, 5) is 10.8. The Morgan fingerprint density at radius 1 is 1.50 bits per heavy atom. The van der Waals surface area contributed by atoms with Crippen LogP contribution in [-0.2, 0) is 13.6 Å². The van der Waals surface area contributed by atoms with E-state index in [1.807, 2.05) is 0 Å². The van der Waals surface area contributed by atoms with E-state index in [9.17, 15) is 4.79 Å². The maximum atomic E-state index is 10.8. The normalized spacial score (nSPS) is 10.6. The minimum atomic E-state index is -0.970. The summed E-state index contributed by atoms with van der Waals surface area (Å²) in [6.45, 7) is 2.08. The molecule has 0 aromatic carbocycles. The molecular weight excluding hydrogens is 210 g/mol. The Morgan fingerprint density at radius 2 is 2.25 bits per heavy atom. The molecule has 0 unspecified atom stereocenters. The molecule has 0 atom stereocenters. The van der Waals surface area contributed by atoms with Gasteiger partial charge >= 0.3 is 5.97 Å². The Kier molecular flexibility index (Phi) is 2.43. The average Bonchev–Trinajstić information content (AvgIpc) is 2.73. The van der Waals surface area contributed by atoms with Crippen molar-refractivity contribution in [3.05, 3.63) is 29.3 Å². The van der Waals surface area contributed by atoms with Gasteiger partial charge in [-0.1, -0.05) is 5.21 Å². The molecular formula is C9H11N5O2. The minimum absolute atomic E-state index is 0.212. The van der Waals surface area contributed by atoms with Crippen LogP contribution in [0.2, 0.25) is 0 Å². The summed E-state index contributed by atoms with van der Waals surface area (Å²) in [6.07, 6.45) is 3.25. The molecule has 7 nitrogen and oxygen atoms in total. The molecule has 2 aromatic rings. The van der Waals surface area contributed by atoms with Crippen molar-refractivity contribution in [2.45, 2.75) is 13.5 Å². The second-order valence-electron chi connectivity index (χ2n) is 3.51. The summed E-state index contributed by atoms with van der Waals surface area (Å²) in [5.41, 5.74) is 1.45. The van der Waals surface area contributed by atoms with Crippen LogP contribution in [0.4, 0.5) is 0 Å². The van der Waals surface area contributed by atoms with Crippen LogP contribution in [0.15, 0.2) is 12.4 Å². The lowest BCUT2D eigenvalue weighted by Crippen LogP contribution is -2.01. The smallest absolute Gasteiger partial charge is 0.339 e. The Morgan fingerprint density at radius 3 is 2.75 bits per heavy atom.